The molecule has 0 unspecified atom stereocenters. The lowest BCUT2D eigenvalue weighted by Crippen LogP contribution is -1.99. The van der Waals surface area contributed by atoms with Gasteiger partial charge in [-0.15, -0.1) is 0 Å². The number of methoxy groups -OCH3 is 1. The van der Waals surface area contributed by atoms with Gasteiger partial charge in [-0.05, 0) is 48.0 Å². The van der Waals surface area contributed by atoms with Gasteiger partial charge in [0.25, 0.3) is 0 Å². The fourth-order valence-electron chi connectivity index (χ4n) is 2.58. The fraction of sp³-hybridized carbons (Fsp3) is 0.0870. The van der Waals surface area contributed by atoms with Crippen molar-refractivity contribution >= 4 is 23.5 Å². The Labute approximate surface area is 163 Å². The first-order valence-electron chi connectivity index (χ1n) is 8.48. The normalized spacial score (nSPS) is 10.7. The van der Waals surface area contributed by atoms with Crippen LogP contribution in [0.4, 0.5) is 0 Å². The van der Waals surface area contributed by atoms with Gasteiger partial charge < -0.3 is 9.47 Å². The third-order valence-electron chi connectivity index (χ3n) is 4.00. The first kappa shape index (κ1) is 18.7. The quantitative estimate of drug-likeness (QED) is 0.383. The highest BCUT2D eigenvalue weighted by Gasteiger charge is 2.06. The molecule has 0 N–H and O–H groups in total. The Morgan fingerprint density at radius 2 is 1.74 bits per heavy atom. The second-order valence-electron chi connectivity index (χ2n) is 5.88. The number of hydrogen-bond donors (Lipinski definition) is 0. The van der Waals surface area contributed by atoms with E-state index in [0.29, 0.717) is 17.2 Å². The van der Waals surface area contributed by atoms with Crippen LogP contribution in [-0.2, 0) is 6.61 Å². The molecule has 0 aromatic heterocycles. The van der Waals surface area contributed by atoms with Gasteiger partial charge in [-0.25, -0.2) is 0 Å². The summed E-state index contributed by atoms with van der Waals surface area (Å²) in [5.41, 5.74) is 2.45. The van der Waals surface area contributed by atoms with Crippen molar-refractivity contribution in [2.45, 2.75) is 6.61 Å². The van der Waals surface area contributed by atoms with Crippen molar-refractivity contribution in [3.63, 3.8) is 0 Å². The van der Waals surface area contributed by atoms with E-state index in [1.807, 2.05) is 48.5 Å². The number of rotatable bonds is 7. The second-order valence-corrected chi connectivity index (χ2v) is 6.31. The van der Waals surface area contributed by atoms with Crippen LogP contribution in [0.5, 0.6) is 11.5 Å². The average molecular weight is 379 g/mol. The van der Waals surface area contributed by atoms with Crippen LogP contribution in [0.25, 0.3) is 6.08 Å². The van der Waals surface area contributed by atoms with Gasteiger partial charge in [-0.2, -0.15) is 0 Å². The highest BCUT2D eigenvalue weighted by molar-refractivity contribution is 6.30. The lowest BCUT2D eigenvalue weighted by molar-refractivity contribution is 0.104. The van der Waals surface area contributed by atoms with Gasteiger partial charge in [-0.3, -0.25) is 4.79 Å². The van der Waals surface area contributed by atoms with E-state index in [9.17, 15) is 4.79 Å². The number of benzene rings is 3. The van der Waals surface area contributed by atoms with E-state index in [1.165, 1.54) is 0 Å². The molecule has 0 aliphatic heterocycles. The van der Waals surface area contributed by atoms with Crippen molar-refractivity contribution in [2.75, 3.05) is 7.11 Å². The molecule has 3 nitrogen and oxygen atoms in total. The van der Waals surface area contributed by atoms with Crippen LogP contribution >= 0.6 is 11.6 Å². The summed E-state index contributed by atoms with van der Waals surface area (Å²) in [7, 11) is 1.62. The monoisotopic (exact) mass is 378 g/mol. The van der Waals surface area contributed by atoms with Gasteiger partial charge in [-0.1, -0.05) is 54.1 Å². The molecule has 0 radical (unpaired) electrons. The van der Waals surface area contributed by atoms with Gasteiger partial charge >= 0.3 is 0 Å². The maximum absolute atomic E-state index is 12.2. The zero-order valence-electron chi connectivity index (χ0n) is 14.9. The van der Waals surface area contributed by atoms with Crippen molar-refractivity contribution in [3.8, 4) is 11.5 Å². The van der Waals surface area contributed by atoms with Gasteiger partial charge in [0, 0.05) is 16.1 Å². The van der Waals surface area contributed by atoms with E-state index >= 15 is 0 Å². The molecule has 136 valence electrons. The molecule has 0 fully saturated rings. The molecular weight excluding hydrogens is 360 g/mol. The van der Waals surface area contributed by atoms with Crippen molar-refractivity contribution in [1.29, 1.82) is 0 Å². The zero-order chi connectivity index (χ0) is 19.1. The summed E-state index contributed by atoms with van der Waals surface area (Å²) in [4.78, 5) is 12.2. The zero-order valence-corrected chi connectivity index (χ0v) is 15.6. The highest BCUT2D eigenvalue weighted by atomic mass is 35.5. The molecule has 3 rings (SSSR count). The summed E-state index contributed by atoms with van der Waals surface area (Å²) in [6.45, 7) is 0.346. The molecule has 4 heteroatoms. The summed E-state index contributed by atoms with van der Waals surface area (Å²) in [5.74, 6) is 1.42. The molecule has 3 aromatic rings. The lowest BCUT2D eigenvalue weighted by Gasteiger charge is -2.11. The van der Waals surface area contributed by atoms with Crippen molar-refractivity contribution in [1.82, 2.24) is 0 Å². The minimum absolute atomic E-state index is 0.0367. The number of carbonyl (C=O) groups excluding carboxylic acids is 1. The third-order valence-corrected chi connectivity index (χ3v) is 4.25. The van der Waals surface area contributed by atoms with E-state index in [-0.39, 0.29) is 5.78 Å². The molecule has 0 spiro atoms. The average Bonchev–Trinajstić information content (AvgIpc) is 2.72. The van der Waals surface area contributed by atoms with Crippen molar-refractivity contribution < 1.29 is 14.3 Å². The van der Waals surface area contributed by atoms with Gasteiger partial charge in [0.15, 0.2) is 5.78 Å². The number of hydrogen-bond acceptors (Lipinski definition) is 3. The molecule has 0 amide bonds. The SMILES string of the molecule is COc1ccc(C=CC(=O)c2ccccc2)cc1COc1ccc(Cl)cc1. The van der Waals surface area contributed by atoms with E-state index in [2.05, 4.69) is 0 Å². The largest absolute Gasteiger partial charge is 0.496 e. The first-order valence-corrected chi connectivity index (χ1v) is 8.86. The Bertz CT molecular complexity index is 932. The number of carbonyl (C=O) groups is 1. The Balaban J connectivity index is 1.73. The predicted octanol–water partition coefficient (Wildman–Crippen LogP) is 5.82. The number of ether oxygens (including phenoxy) is 2. The smallest absolute Gasteiger partial charge is 0.185 e. The number of allylic oxidation sites excluding steroid dienone is 1. The standard InChI is InChI=1S/C23H19ClO3/c1-26-23-14-8-17(7-13-22(25)18-5-3-2-4-6-18)15-19(23)16-27-21-11-9-20(24)10-12-21/h2-15H,16H2,1H3. The van der Waals surface area contributed by atoms with Crippen LogP contribution < -0.4 is 9.47 Å². The van der Waals surface area contributed by atoms with Crippen LogP contribution in [0.2, 0.25) is 5.02 Å². The maximum atomic E-state index is 12.2. The van der Waals surface area contributed by atoms with Crippen LogP contribution in [0, 0.1) is 0 Å². The van der Waals surface area contributed by atoms with Crippen molar-refractivity contribution in [2.24, 2.45) is 0 Å². The predicted molar refractivity (Wildman–Crippen MR) is 109 cm³/mol. The molecule has 0 saturated carbocycles. The maximum Gasteiger partial charge on any atom is 0.185 e. The molecule has 0 bridgehead atoms. The minimum Gasteiger partial charge on any atom is -0.496 e. The van der Waals surface area contributed by atoms with E-state index < -0.39 is 0 Å². The molecule has 27 heavy (non-hydrogen) atoms. The molecule has 0 atom stereocenters. The molecule has 0 aliphatic rings. The van der Waals surface area contributed by atoms with Crippen LogP contribution in [-0.4, -0.2) is 12.9 Å². The molecule has 3 aromatic carbocycles. The summed E-state index contributed by atoms with van der Waals surface area (Å²) in [6, 6.07) is 22.1. The third kappa shape index (κ3) is 5.22. The molecule has 0 heterocycles. The summed E-state index contributed by atoms with van der Waals surface area (Å²) < 4.78 is 11.2. The highest BCUT2D eigenvalue weighted by Crippen LogP contribution is 2.23. The van der Waals surface area contributed by atoms with E-state index in [1.54, 1.807) is 43.5 Å². The first-order chi connectivity index (χ1) is 13.2. The van der Waals surface area contributed by atoms with Gasteiger partial charge in [0.1, 0.15) is 18.1 Å². The van der Waals surface area contributed by atoms with Crippen LogP contribution in [0.3, 0.4) is 0 Å². The number of halogens is 1. The number of ketones is 1. The van der Waals surface area contributed by atoms with Gasteiger partial charge in [0.05, 0.1) is 7.11 Å². The summed E-state index contributed by atoms with van der Waals surface area (Å²) in [6.07, 6.45) is 3.36. The topological polar surface area (TPSA) is 35.5 Å². The summed E-state index contributed by atoms with van der Waals surface area (Å²) in [5, 5.41) is 0.662. The summed E-state index contributed by atoms with van der Waals surface area (Å²) >= 11 is 5.89. The van der Waals surface area contributed by atoms with Crippen LogP contribution in [0.15, 0.2) is 78.9 Å². The minimum atomic E-state index is -0.0367. The Kier molecular flexibility index (Phi) is 6.29. The van der Waals surface area contributed by atoms with E-state index in [4.69, 9.17) is 21.1 Å². The lowest BCUT2D eigenvalue weighted by atomic mass is 10.1. The second kappa shape index (κ2) is 9.06. The fourth-order valence-corrected chi connectivity index (χ4v) is 2.70. The van der Waals surface area contributed by atoms with E-state index in [0.717, 1.165) is 22.6 Å². The van der Waals surface area contributed by atoms with Crippen molar-refractivity contribution in [3.05, 3.63) is 101 Å². The molecule has 0 saturated heterocycles. The van der Waals surface area contributed by atoms with Gasteiger partial charge in [0.2, 0.25) is 0 Å². The molecular formula is C23H19ClO3. The Hall–Kier alpha value is -3.04. The molecule has 0 aliphatic carbocycles. The Morgan fingerprint density at radius 1 is 1.00 bits per heavy atom. The Morgan fingerprint density at radius 3 is 2.44 bits per heavy atom. The van der Waals surface area contributed by atoms with Crippen LogP contribution in [0.1, 0.15) is 21.5 Å².